The Labute approximate surface area is 84.4 Å². The first kappa shape index (κ1) is 9.93. The van der Waals surface area contributed by atoms with Crippen molar-refractivity contribution >= 4 is 5.91 Å². The summed E-state index contributed by atoms with van der Waals surface area (Å²) in [7, 11) is 0. The Hall–Kier alpha value is -0.610. The topological polar surface area (TPSA) is 50.4 Å². The van der Waals surface area contributed by atoms with Gasteiger partial charge >= 0.3 is 0 Å². The fourth-order valence-corrected chi connectivity index (χ4v) is 2.30. The maximum atomic E-state index is 11.5. The van der Waals surface area contributed by atoms with Crippen LogP contribution < -0.4 is 10.6 Å². The van der Waals surface area contributed by atoms with Gasteiger partial charge in [0.15, 0.2) is 0 Å². The normalized spacial score (nSPS) is 30.0. The van der Waals surface area contributed by atoms with Gasteiger partial charge in [0.1, 0.15) is 0 Å². The van der Waals surface area contributed by atoms with Crippen LogP contribution in [0.15, 0.2) is 0 Å². The molecule has 2 heterocycles. The lowest BCUT2D eigenvalue weighted by molar-refractivity contribution is -0.132. The number of nitrogens with one attached hydrogen (secondary N) is 2. The summed E-state index contributed by atoms with van der Waals surface area (Å²) < 4.78 is 5.34. The summed E-state index contributed by atoms with van der Waals surface area (Å²) in [6.07, 6.45) is 1.97. The van der Waals surface area contributed by atoms with Gasteiger partial charge in [-0.3, -0.25) is 10.1 Å². The predicted octanol–water partition coefficient (Wildman–Crippen LogP) is 0.0336. The molecule has 4 heteroatoms. The molecule has 0 atom stereocenters. The monoisotopic (exact) mass is 198 g/mol. The minimum atomic E-state index is -0.449. The van der Waals surface area contributed by atoms with Crippen LogP contribution in [0.2, 0.25) is 0 Å². The molecule has 0 aromatic rings. The van der Waals surface area contributed by atoms with Crippen molar-refractivity contribution in [3.63, 3.8) is 0 Å². The van der Waals surface area contributed by atoms with Crippen LogP contribution in [0.5, 0.6) is 0 Å². The Morgan fingerprint density at radius 3 is 2.50 bits per heavy atom. The molecule has 0 radical (unpaired) electrons. The molecule has 2 aliphatic rings. The standard InChI is InChI=1S/C10H18N2O2/c1-9(2)8(13)11-7-10(12-9)3-5-14-6-4-10/h12H,3-7H2,1-2H3,(H,11,13). The van der Waals surface area contributed by atoms with Crippen molar-refractivity contribution in [2.75, 3.05) is 19.8 Å². The molecular formula is C10H18N2O2. The number of hydrogen-bond donors (Lipinski definition) is 2. The molecule has 80 valence electrons. The molecule has 2 rings (SSSR count). The van der Waals surface area contributed by atoms with Gasteiger partial charge in [0.2, 0.25) is 5.91 Å². The summed E-state index contributed by atoms with van der Waals surface area (Å²) >= 11 is 0. The Morgan fingerprint density at radius 2 is 1.93 bits per heavy atom. The lowest BCUT2D eigenvalue weighted by atomic mass is 9.83. The second kappa shape index (κ2) is 3.21. The maximum Gasteiger partial charge on any atom is 0.239 e. The van der Waals surface area contributed by atoms with E-state index in [4.69, 9.17) is 4.74 Å². The van der Waals surface area contributed by atoms with Crippen LogP contribution in [0.1, 0.15) is 26.7 Å². The van der Waals surface area contributed by atoms with E-state index >= 15 is 0 Å². The number of piperazine rings is 1. The Kier molecular flexibility index (Phi) is 2.27. The third-order valence-electron chi connectivity index (χ3n) is 3.18. The van der Waals surface area contributed by atoms with Crippen LogP contribution in [0.25, 0.3) is 0 Å². The third-order valence-corrected chi connectivity index (χ3v) is 3.18. The van der Waals surface area contributed by atoms with Crippen molar-refractivity contribution in [2.24, 2.45) is 0 Å². The third kappa shape index (κ3) is 1.64. The minimum absolute atomic E-state index is 0.0651. The Bertz CT molecular complexity index is 245. The van der Waals surface area contributed by atoms with Gasteiger partial charge in [-0.25, -0.2) is 0 Å². The molecule has 0 unspecified atom stereocenters. The number of carbonyl (C=O) groups is 1. The van der Waals surface area contributed by atoms with Gasteiger partial charge in [-0.05, 0) is 26.7 Å². The van der Waals surface area contributed by atoms with E-state index < -0.39 is 5.54 Å². The van der Waals surface area contributed by atoms with E-state index in [1.807, 2.05) is 13.8 Å². The molecule has 2 saturated heterocycles. The fourth-order valence-electron chi connectivity index (χ4n) is 2.30. The molecule has 2 N–H and O–H groups in total. The average molecular weight is 198 g/mol. The highest BCUT2D eigenvalue weighted by Gasteiger charge is 2.44. The molecule has 0 aromatic carbocycles. The van der Waals surface area contributed by atoms with Crippen molar-refractivity contribution in [2.45, 2.75) is 37.8 Å². The van der Waals surface area contributed by atoms with Crippen LogP contribution in [-0.4, -0.2) is 36.7 Å². The summed E-state index contributed by atoms with van der Waals surface area (Å²) in [6.45, 7) is 6.17. The van der Waals surface area contributed by atoms with E-state index in [0.29, 0.717) is 0 Å². The Morgan fingerprint density at radius 1 is 1.29 bits per heavy atom. The van der Waals surface area contributed by atoms with Gasteiger partial charge in [-0.1, -0.05) is 0 Å². The molecule has 2 aliphatic heterocycles. The van der Waals surface area contributed by atoms with Crippen molar-refractivity contribution in [3.8, 4) is 0 Å². The van der Waals surface area contributed by atoms with E-state index in [0.717, 1.165) is 32.6 Å². The van der Waals surface area contributed by atoms with Gasteiger partial charge < -0.3 is 10.1 Å². The molecule has 14 heavy (non-hydrogen) atoms. The minimum Gasteiger partial charge on any atom is -0.381 e. The Balaban J connectivity index is 2.11. The summed E-state index contributed by atoms with van der Waals surface area (Å²) in [4.78, 5) is 11.5. The van der Waals surface area contributed by atoms with Crippen molar-refractivity contribution in [1.29, 1.82) is 0 Å². The highest BCUT2D eigenvalue weighted by molar-refractivity contribution is 5.86. The molecule has 4 nitrogen and oxygen atoms in total. The molecule has 0 saturated carbocycles. The molecule has 1 amide bonds. The number of ether oxygens (including phenoxy) is 1. The quantitative estimate of drug-likeness (QED) is 0.577. The predicted molar refractivity (Wildman–Crippen MR) is 53.0 cm³/mol. The van der Waals surface area contributed by atoms with Gasteiger partial charge in [-0.2, -0.15) is 0 Å². The molecule has 1 spiro atoms. The van der Waals surface area contributed by atoms with E-state index in [1.165, 1.54) is 0 Å². The SMILES string of the molecule is CC1(C)NC2(CCOCC2)CNC1=O. The van der Waals surface area contributed by atoms with Crippen molar-refractivity contribution < 1.29 is 9.53 Å². The van der Waals surface area contributed by atoms with Crippen LogP contribution >= 0.6 is 0 Å². The van der Waals surface area contributed by atoms with Crippen LogP contribution in [0.3, 0.4) is 0 Å². The molecule has 0 bridgehead atoms. The molecular weight excluding hydrogens is 180 g/mol. The molecule has 2 fully saturated rings. The number of amides is 1. The summed E-state index contributed by atoms with van der Waals surface area (Å²) in [5.74, 6) is 0.0922. The fraction of sp³-hybridized carbons (Fsp3) is 0.900. The lowest BCUT2D eigenvalue weighted by Gasteiger charge is -2.47. The van der Waals surface area contributed by atoms with E-state index in [1.54, 1.807) is 0 Å². The smallest absolute Gasteiger partial charge is 0.239 e. The number of carbonyl (C=O) groups excluding carboxylic acids is 1. The number of hydrogen-bond acceptors (Lipinski definition) is 3. The van der Waals surface area contributed by atoms with Gasteiger partial charge in [0, 0.05) is 25.3 Å². The largest absolute Gasteiger partial charge is 0.381 e. The molecule has 0 aliphatic carbocycles. The van der Waals surface area contributed by atoms with Crippen LogP contribution in [-0.2, 0) is 9.53 Å². The zero-order valence-electron chi connectivity index (χ0n) is 8.85. The van der Waals surface area contributed by atoms with Crippen LogP contribution in [0, 0.1) is 0 Å². The van der Waals surface area contributed by atoms with Gasteiger partial charge in [0.25, 0.3) is 0 Å². The second-order valence-electron chi connectivity index (χ2n) is 4.83. The number of rotatable bonds is 0. The first-order valence-electron chi connectivity index (χ1n) is 5.20. The zero-order chi connectivity index (χ0) is 10.2. The highest BCUT2D eigenvalue weighted by Crippen LogP contribution is 2.26. The van der Waals surface area contributed by atoms with Gasteiger partial charge in [0.05, 0.1) is 5.54 Å². The summed E-state index contributed by atoms with van der Waals surface area (Å²) in [5, 5.41) is 6.44. The summed E-state index contributed by atoms with van der Waals surface area (Å²) in [6, 6.07) is 0. The second-order valence-corrected chi connectivity index (χ2v) is 4.83. The zero-order valence-corrected chi connectivity index (χ0v) is 8.85. The lowest BCUT2D eigenvalue weighted by Crippen LogP contribution is -2.72. The maximum absolute atomic E-state index is 11.5. The van der Waals surface area contributed by atoms with Gasteiger partial charge in [-0.15, -0.1) is 0 Å². The van der Waals surface area contributed by atoms with Crippen molar-refractivity contribution in [3.05, 3.63) is 0 Å². The van der Waals surface area contributed by atoms with Crippen molar-refractivity contribution in [1.82, 2.24) is 10.6 Å². The highest BCUT2D eigenvalue weighted by atomic mass is 16.5. The first-order valence-corrected chi connectivity index (χ1v) is 5.20. The average Bonchev–Trinajstić information content (AvgIpc) is 2.13. The summed E-state index contributed by atoms with van der Waals surface area (Å²) in [5.41, 5.74) is -0.384. The van der Waals surface area contributed by atoms with E-state index in [2.05, 4.69) is 10.6 Å². The van der Waals surface area contributed by atoms with Crippen LogP contribution in [0.4, 0.5) is 0 Å². The van der Waals surface area contributed by atoms with E-state index in [-0.39, 0.29) is 11.4 Å². The molecule has 0 aromatic heterocycles. The van der Waals surface area contributed by atoms with E-state index in [9.17, 15) is 4.79 Å². The first-order chi connectivity index (χ1) is 6.54.